The van der Waals surface area contributed by atoms with Gasteiger partial charge in [-0.3, -0.25) is 9.59 Å². The molecular formula is C16H25NO3. The van der Waals surface area contributed by atoms with Gasteiger partial charge in [0.15, 0.2) is 0 Å². The minimum absolute atomic E-state index is 0.129. The molecule has 1 amide bonds. The van der Waals surface area contributed by atoms with Crippen LogP contribution in [-0.4, -0.2) is 34.0 Å². The van der Waals surface area contributed by atoms with Crippen molar-refractivity contribution in [3.8, 4) is 0 Å². The Kier molecular flexibility index (Phi) is 3.51. The molecule has 0 aromatic heterocycles. The van der Waals surface area contributed by atoms with Crippen molar-refractivity contribution in [2.75, 3.05) is 0 Å². The molecule has 4 heteroatoms. The summed E-state index contributed by atoms with van der Waals surface area (Å²) in [4.78, 5) is 26.6. The van der Waals surface area contributed by atoms with Gasteiger partial charge in [-0.25, -0.2) is 0 Å². The molecule has 6 atom stereocenters. The van der Waals surface area contributed by atoms with Gasteiger partial charge in [-0.15, -0.1) is 0 Å². The summed E-state index contributed by atoms with van der Waals surface area (Å²) in [6.45, 7) is 4.22. The molecule has 0 radical (unpaired) electrons. The number of amides is 1. The number of carbonyl (C=O) groups is 2. The van der Waals surface area contributed by atoms with Crippen LogP contribution < -0.4 is 0 Å². The van der Waals surface area contributed by atoms with Gasteiger partial charge in [0, 0.05) is 12.1 Å². The smallest absolute Gasteiger partial charge is 0.307 e. The van der Waals surface area contributed by atoms with Crippen LogP contribution in [0.4, 0.5) is 0 Å². The largest absolute Gasteiger partial charge is 0.481 e. The van der Waals surface area contributed by atoms with Gasteiger partial charge < -0.3 is 10.0 Å². The molecule has 112 valence electrons. The molecule has 1 saturated heterocycles. The summed E-state index contributed by atoms with van der Waals surface area (Å²) in [6, 6.07) is 0.527. The van der Waals surface area contributed by atoms with E-state index >= 15 is 0 Å². The Morgan fingerprint density at radius 3 is 2.05 bits per heavy atom. The van der Waals surface area contributed by atoms with E-state index in [-0.39, 0.29) is 29.8 Å². The third kappa shape index (κ3) is 2.04. The van der Waals surface area contributed by atoms with E-state index in [4.69, 9.17) is 0 Å². The number of hydrogen-bond acceptors (Lipinski definition) is 2. The predicted octanol–water partition coefficient (Wildman–Crippen LogP) is 2.52. The lowest BCUT2D eigenvalue weighted by atomic mass is 9.77. The summed E-state index contributed by atoms with van der Waals surface area (Å²) in [6.07, 6.45) is 6.26. The fraction of sp³-hybridized carbons (Fsp3) is 0.875. The molecule has 4 nitrogen and oxygen atoms in total. The Morgan fingerprint density at radius 1 is 0.950 bits per heavy atom. The van der Waals surface area contributed by atoms with Crippen LogP contribution >= 0.6 is 0 Å². The second-order valence-electron chi connectivity index (χ2n) is 7.10. The molecule has 0 aromatic rings. The summed E-state index contributed by atoms with van der Waals surface area (Å²) in [7, 11) is 0. The first-order valence-corrected chi connectivity index (χ1v) is 8.05. The number of carboxylic acids is 1. The summed E-state index contributed by atoms with van der Waals surface area (Å²) < 4.78 is 0. The number of piperidine rings is 1. The van der Waals surface area contributed by atoms with E-state index in [1.54, 1.807) is 0 Å². The summed E-state index contributed by atoms with van der Waals surface area (Å²) in [5.41, 5.74) is 0. The maximum Gasteiger partial charge on any atom is 0.307 e. The Bertz CT molecular complexity index is 412. The number of fused-ring (bicyclic) bond motifs is 2. The zero-order chi connectivity index (χ0) is 14.4. The molecule has 3 fully saturated rings. The number of carboxylic acid groups (broad SMARTS) is 1. The van der Waals surface area contributed by atoms with Crippen molar-refractivity contribution < 1.29 is 14.7 Å². The minimum atomic E-state index is -0.757. The van der Waals surface area contributed by atoms with Crippen LogP contribution in [0.1, 0.15) is 52.4 Å². The van der Waals surface area contributed by atoms with E-state index in [9.17, 15) is 14.7 Å². The normalized spacial score (nSPS) is 43.8. The highest BCUT2D eigenvalue weighted by Crippen LogP contribution is 2.53. The number of carbonyl (C=O) groups excluding carboxylic acids is 1. The van der Waals surface area contributed by atoms with Gasteiger partial charge in [0.05, 0.1) is 11.8 Å². The van der Waals surface area contributed by atoms with Crippen LogP contribution in [0.15, 0.2) is 0 Å². The minimum Gasteiger partial charge on any atom is -0.481 e. The first-order valence-electron chi connectivity index (χ1n) is 8.05. The van der Waals surface area contributed by atoms with Crippen LogP contribution in [0, 0.1) is 23.7 Å². The van der Waals surface area contributed by atoms with Gasteiger partial charge >= 0.3 is 5.97 Å². The van der Waals surface area contributed by atoms with Crippen LogP contribution in [0.2, 0.25) is 0 Å². The van der Waals surface area contributed by atoms with Crippen LogP contribution in [0.25, 0.3) is 0 Å². The predicted molar refractivity (Wildman–Crippen MR) is 75.1 cm³/mol. The zero-order valence-electron chi connectivity index (χ0n) is 12.4. The highest BCUT2D eigenvalue weighted by atomic mass is 16.4. The van der Waals surface area contributed by atoms with Gasteiger partial charge in [0.2, 0.25) is 5.91 Å². The van der Waals surface area contributed by atoms with E-state index in [0.717, 1.165) is 32.1 Å². The maximum atomic E-state index is 13.0. The second kappa shape index (κ2) is 5.05. The van der Waals surface area contributed by atoms with Crippen molar-refractivity contribution in [3.63, 3.8) is 0 Å². The zero-order valence-corrected chi connectivity index (χ0v) is 12.4. The first-order chi connectivity index (χ1) is 9.50. The molecule has 1 N–H and O–H groups in total. The Labute approximate surface area is 120 Å². The quantitative estimate of drug-likeness (QED) is 0.845. The molecular weight excluding hydrogens is 254 g/mol. The Morgan fingerprint density at radius 2 is 1.50 bits per heavy atom. The average Bonchev–Trinajstić information content (AvgIpc) is 2.98. The van der Waals surface area contributed by atoms with Crippen molar-refractivity contribution in [1.82, 2.24) is 4.90 Å². The molecule has 0 aromatic carbocycles. The van der Waals surface area contributed by atoms with Crippen LogP contribution in [0.5, 0.6) is 0 Å². The Hall–Kier alpha value is -1.06. The molecule has 0 spiro atoms. The molecule has 3 aliphatic rings. The molecule has 2 bridgehead atoms. The SMILES string of the molecule is CC1CCCC(C)N1C(=O)C1C2CCC(C2)C1C(=O)O. The standard InChI is InChI=1S/C16H25NO3/c1-9-4-3-5-10(2)17(9)15(18)13-11-6-7-12(8-11)14(13)16(19)20/h9-14H,3-8H2,1-2H3,(H,19,20). The van der Waals surface area contributed by atoms with Gasteiger partial charge in [0.1, 0.15) is 0 Å². The van der Waals surface area contributed by atoms with Gasteiger partial charge in [0.25, 0.3) is 0 Å². The van der Waals surface area contributed by atoms with E-state index in [1.165, 1.54) is 6.42 Å². The van der Waals surface area contributed by atoms with Crippen molar-refractivity contribution in [2.45, 2.75) is 64.5 Å². The van der Waals surface area contributed by atoms with Crippen molar-refractivity contribution in [2.24, 2.45) is 23.7 Å². The van der Waals surface area contributed by atoms with Crippen molar-refractivity contribution in [1.29, 1.82) is 0 Å². The second-order valence-corrected chi connectivity index (χ2v) is 7.10. The van der Waals surface area contributed by atoms with Gasteiger partial charge in [-0.05, 0) is 64.2 Å². The molecule has 1 heterocycles. The van der Waals surface area contributed by atoms with E-state index in [1.807, 2.05) is 4.90 Å². The maximum absolute atomic E-state index is 13.0. The van der Waals surface area contributed by atoms with E-state index < -0.39 is 11.9 Å². The van der Waals surface area contributed by atoms with Crippen LogP contribution in [-0.2, 0) is 9.59 Å². The van der Waals surface area contributed by atoms with Gasteiger partial charge in [-0.2, -0.15) is 0 Å². The lowest BCUT2D eigenvalue weighted by Crippen LogP contribution is -2.52. The molecule has 1 aliphatic heterocycles. The summed E-state index contributed by atoms with van der Waals surface area (Å²) in [5.74, 6) is -0.759. The third-order valence-electron chi connectivity index (χ3n) is 5.93. The van der Waals surface area contributed by atoms with Crippen LogP contribution in [0.3, 0.4) is 0 Å². The molecule has 2 saturated carbocycles. The van der Waals surface area contributed by atoms with Crippen molar-refractivity contribution in [3.05, 3.63) is 0 Å². The summed E-state index contributed by atoms with van der Waals surface area (Å²) in [5, 5.41) is 9.51. The lowest BCUT2D eigenvalue weighted by molar-refractivity contribution is -0.155. The number of hydrogen-bond donors (Lipinski definition) is 1. The monoisotopic (exact) mass is 279 g/mol. The molecule has 6 unspecified atom stereocenters. The fourth-order valence-electron chi connectivity index (χ4n) is 5.03. The topological polar surface area (TPSA) is 57.6 Å². The number of nitrogens with zero attached hydrogens (tertiary/aromatic N) is 1. The van der Waals surface area contributed by atoms with E-state index in [2.05, 4.69) is 13.8 Å². The highest BCUT2D eigenvalue weighted by molar-refractivity contribution is 5.86. The average molecular weight is 279 g/mol. The number of likely N-dealkylation sites (tertiary alicyclic amines) is 1. The summed E-state index contributed by atoms with van der Waals surface area (Å²) >= 11 is 0. The Balaban J connectivity index is 1.83. The fourth-order valence-corrected chi connectivity index (χ4v) is 5.03. The van der Waals surface area contributed by atoms with Crippen molar-refractivity contribution >= 4 is 11.9 Å². The van der Waals surface area contributed by atoms with Gasteiger partial charge in [-0.1, -0.05) is 0 Å². The number of aliphatic carboxylic acids is 1. The number of rotatable bonds is 2. The third-order valence-corrected chi connectivity index (χ3v) is 5.93. The highest BCUT2D eigenvalue weighted by Gasteiger charge is 2.55. The first kappa shape index (κ1) is 13.9. The lowest BCUT2D eigenvalue weighted by Gasteiger charge is -2.42. The molecule has 20 heavy (non-hydrogen) atoms. The van der Waals surface area contributed by atoms with E-state index in [0.29, 0.717) is 5.92 Å². The molecule has 2 aliphatic carbocycles. The molecule has 3 rings (SSSR count).